The fourth-order valence-electron chi connectivity index (χ4n) is 11.9. The van der Waals surface area contributed by atoms with Crippen LogP contribution in [0.15, 0.2) is 42.5 Å². The molecular formula is C65H96ClF4N11O11. The third kappa shape index (κ3) is 20.5. The van der Waals surface area contributed by atoms with Crippen LogP contribution >= 0.6 is 11.6 Å². The lowest BCUT2D eigenvalue weighted by molar-refractivity contribution is -0.148. The van der Waals surface area contributed by atoms with Crippen molar-refractivity contribution in [3.63, 3.8) is 0 Å². The van der Waals surface area contributed by atoms with E-state index in [1.54, 1.807) is 25.9 Å². The number of epoxide rings is 1. The van der Waals surface area contributed by atoms with Crippen molar-refractivity contribution in [3.8, 4) is 0 Å². The van der Waals surface area contributed by atoms with Crippen molar-refractivity contribution >= 4 is 70.7 Å². The molecule has 22 nitrogen and oxygen atoms in total. The Hall–Kier alpha value is -6.93. The number of hydrogen-bond donors (Lipinski definition) is 3. The third-order valence-corrected chi connectivity index (χ3v) is 18.3. The second-order valence-corrected chi connectivity index (χ2v) is 26.3. The number of aryl methyl sites for hydroxylation is 1. The lowest BCUT2D eigenvalue weighted by Crippen LogP contribution is -2.57. The van der Waals surface area contributed by atoms with E-state index in [0.717, 1.165) is 31.7 Å². The fourth-order valence-corrected chi connectivity index (χ4v) is 12.2. The van der Waals surface area contributed by atoms with Gasteiger partial charge in [0, 0.05) is 80.7 Å². The molecule has 0 aliphatic carbocycles. The SMILES string of the molecule is CC[C@H](C)[C@@H]1NC(=O)[C@H](CC(C)C)N(C)C(=O)C[C@@H](C)N(C)C2OC2[C@H](C(C)C)N(C)C(=O)CCCCNC(=O)[C@@H]2CCCN2C(=O)[C@H](CCc2ccc(C(F)(F)F)c(Cl)c2)NC(=O)CN(C)C(=O)[C@H](Cc2cccc(F)c2)N(C)C(=O)CN(C)C(=O)CN(C)C1=O. The molecule has 0 spiro atoms. The number of fused-ring (bicyclic) bond motifs is 2. The van der Waals surface area contributed by atoms with Gasteiger partial charge in [-0.3, -0.25) is 52.8 Å². The average Bonchev–Trinajstić information content (AvgIpc) is 1.66. The monoisotopic (exact) mass is 1320 g/mol. The van der Waals surface area contributed by atoms with E-state index in [9.17, 15) is 65.5 Å². The topological polar surface area (TPSA) is 245 Å². The number of halogens is 5. The second-order valence-electron chi connectivity index (χ2n) is 25.9. The Morgan fingerprint density at radius 1 is 0.696 bits per heavy atom. The molecule has 92 heavy (non-hydrogen) atoms. The molecule has 5 rings (SSSR count). The number of likely N-dealkylation sites (N-methyl/N-ethyl adjacent to an activating group) is 7. The van der Waals surface area contributed by atoms with Crippen LogP contribution in [0.3, 0.4) is 0 Å². The van der Waals surface area contributed by atoms with Crippen molar-refractivity contribution in [2.24, 2.45) is 17.8 Å². The number of benzene rings is 2. The molecule has 512 valence electrons. The molecule has 0 radical (unpaired) electrons. The number of amides is 10. The lowest BCUT2D eigenvalue weighted by Gasteiger charge is -2.34. The van der Waals surface area contributed by atoms with Crippen LogP contribution in [0.25, 0.3) is 0 Å². The van der Waals surface area contributed by atoms with Crippen molar-refractivity contribution < 1.29 is 70.2 Å². The maximum atomic E-state index is 14.7. The highest BCUT2D eigenvalue weighted by molar-refractivity contribution is 6.31. The summed E-state index contributed by atoms with van der Waals surface area (Å²) in [6.07, 6.45) is -3.71. The van der Waals surface area contributed by atoms with E-state index >= 15 is 0 Å². The summed E-state index contributed by atoms with van der Waals surface area (Å²) in [4.78, 5) is 153. The Bertz CT molecular complexity index is 2960. The molecule has 10 amide bonds. The van der Waals surface area contributed by atoms with Crippen molar-refractivity contribution in [3.05, 3.63) is 70.0 Å². The van der Waals surface area contributed by atoms with E-state index in [-0.39, 0.29) is 99.9 Å². The lowest BCUT2D eigenvalue weighted by atomic mass is 9.95. The van der Waals surface area contributed by atoms with Gasteiger partial charge < -0.3 is 55.0 Å². The molecule has 2 aromatic carbocycles. The third-order valence-electron chi connectivity index (χ3n) is 18.0. The first-order valence-electron chi connectivity index (χ1n) is 31.7. The number of nitrogens with zero attached hydrogens (tertiary/aromatic N) is 8. The summed E-state index contributed by atoms with van der Waals surface area (Å²) in [5.74, 6) is -7.07. The van der Waals surface area contributed by atoms with Gasteiger partial charge in [0.05, 0.1) is 36.3 Å². The van der Waals surface area contributed by atoms with E-state index in [1.165, 1.54) is 68.3 Å². The van der Waals surface area contributed by atoms with Gasteiger partial charge in [0.1, 0.15) is 48.4 Å². The highest BCUT2D eigenvalue weighted by Gasteiger charge is 2.52. The van der Waals surface area contributed by atoms with Crippen LogP contribution in [-0.2, 0) is 71.7 Å². The number of carbonyl (C=O) groups is 10. The van der Waals surface area contributed by atoms with Crippen molar-refractivity contribution in [1.82, 2.24) is 55.1 Å². The van der Waals surface area contributed by atoms with Crippen LogP contribution in [0.1, 0.15) is 123 Å². The maximum absolute atomic E-state index is 14.7. The van der Waals surface area contributed by atoms with Crippen LogP contribution in [-0.4, -0.2) is 235 Å². The predicted octanol–water partition coefficient (Wildman–Crippen LogP) is 4.97. The summed E-state index contributed by atoms with van der Waals surface area (Å²) >= 11 is 6.06. The van der Waals surface area contributed by atoms with Gasteiger partial charge in [-0.1, -0.05) is 77.8 Å². The molecular weight excluding hydrogens is 1220 g/mol. The van der Waals surface area contributed by atoms with Crippen LogP contribution in [0.2, 0.25) is 5.02 Å². The summed E-state index contributed by atoms with van der Waals surface area (Å²) < 4.78 is 61.9. The van der Waals surface area contributed by atoms with Crippen molar-refractivity contribution in [2.75, 3.05) is 82.1 Å². The highest BCUT2D eigenvalue weighted by atomic mass is 35.5. The zero-order valence-electron chi connectivity index (χ0n) is 55.7. The van der Waals surface area contributed by atoms with Gasteiger partial charge in [0.2, 0.25) is 59.1 Å². The average molecular weight is 1320 g/mol. The Morgan fingerprint density at radius 3 is 1.97 bits per heavy atom. The standard InChI is InChI=1S/C65H96ClF4N11O11/c1-15-40(6)56-63(91)76(10)36-54(85)74(8)37-55(86)79(13)50(34-43-20-18-21-44(67)32-43)62(90)75(9)35-51(82)72-47(27-25-42-24-26-45(46(66)33-42)65(68,69)70)61(89)81-29-19-22-48(81)59(87)71-28-17-16-23-52(83)80(14)57(39(4)5)58-64(92-58)77(11)41(7)31-53(84)78(12)49(30-38(2)3)60(88)73-56/h18,20-21,24,26,32-33,38-41,47-50,56-58,64H,15-17,19,22-23,25,27-31,34-37H2,1-14H3,(H,71,87)(H,72,82)(H,73,88)/t40-,41+,47-,48-,49-,50-,56-,57-,58?,64?/m0/s1. The normalized spacial score (nSPS) is 26.2. The van der Waals surface area contributed by atoms with Gasteiger partial charge in [0.25, 0.3) is 0 Å². The Morgan fingerprint density at radius 2 is 1.35 bits per heavy atom. The summed E-state index contributed by atoms with van der Waals surface area (Å²) in [7, 11) is 10.4. The molecule has 27 heteroatoms. The first-order valence-corrected chi connectivity index (χ1v) is 32.1. The Labute approximate surface area is 543 Å². The van der Waals surface area contributed by atoms with Gasteiger partial charge in [-0.15, -0.1) is 0 Å². The van der Waals surface area contributed by atoms with E-state index in [1.807, 2.05) is 53.5 Å². The minimum atomic E-state index is -4.74. The summed E-state index contributed by atoms with van der Waals surface area (Å²) in [5.41, 5.74) is -0.468. The molecule has 0 saturated carbocycles. The van der Waals surface area contributed by atoms with Gasteiger partial charge >= 0.3 is 6.18 Å². The minimum absolute atomic E-state index is 0.00304. The van der Waals surface area contributed by atoms with Gasteiger partial charge in [-0.05, 0) is 112 Å². The Balaban J connectivity index is 1.46. The molecule has 2 unspecified atom stereocenters. The van der Waals surface area contributed by atoms with Crippen LogP contribution in [0.5, 0.6) is 0 Å². The predicted molar refractivity (Wildman–Crippen MR) is 337 cm³/mol. The number of rotatable bonds is 10. The van der Waals surface area contributed by atoms with E-state index in [4.69, 9.17) is 16.3 Å². The molecule has 3 aliphatic heterocycles. The van der Waals surface area contributed by atoms with Crippen molar-refractivity contribution in [2.45, 2.75) is 180 Å². The van der Waals surface area contributed by atoms with Crippen LogP contribution in [0, 0.1) is 23.6 Å². The molecule has 3 saturated heterocycles. The summed E-state index contributed by atoms with van der Waals surface area (Å²) in [5, 5.41) is 7.89. The first-order chi connectivity index (χ1) is 43.1. The molecule has 0 bridgehead atoms. The first kappa shape index (κ1) is 75.8. The molecule has 2 aromatic rings. The van der Waals surface area contributed by atoms with E-state index in [2.05, 4.69) is 16.0 Å². The fraction of sp³-hybridized carbons (Fsp3) is 0.662. The number of nitrogens with one attached hydrogen (secondary N) is 3. The highest BCUT2D eigenvalue weighted by Crippen LogP contribution is 2.37. The molecule has 10 atom stereocenters. The number of ether oxygens (including phenoxy) is 1. The number of alkyl halides is 3. The van der Waals surface area contributed by atoms with E-state index < -0.39 is 132 Å². The van der Waals surface area contributed by atoms with Gasteiger partial charge in [-0.25, -0.2) is 4.39 Å². The van der Waals surface area contributed by atoms with Crippen LogP contribution in [0.4, 0.5) is 17.6 Å². The zero-order chi connectivity index (χ0) is 68.8. The summed E-state index contributed by atoms with van der Waals surface area (Å²) in [6.45, 7) is 11.7. The second kappa shape index (κ2) is 33.8. The molecule has 3 N–H and O–H groups in total. The number of hydrogen-bond acceptors (Lipinski definition) is 12. The Kier molecular flexibility index (Phi) is 27.8. The molecule has 0 aromatic heterocycles. The molecule has 3 fully saturated rings. The quantitative estimate of drug-likeness (QED) is 0.211. The van der Waals surface area contributed by atoms with Gasteiger partial charge in [0.15, 0.2) is 0 Å². The molecule has 3 heterocycles. The zero-order valence-corrected chi connectivity index (χ0v) is 56.5. The van der Waals surface area contributed by atoms with Crippen LogP contribution < -0.4 is 16.0 Å². The van der Waals surface area contributed by atoms with Crippen molar-refractivity contribution in [1.29, 1.82) is 0 Å². The smallest absolute Gasteiger partial charge is 0.354 e. The maximum Gasteiger partial charge on any atom is 0.417 e. The summed E-state index contributed by atoms with van der Waals surface area (Å²) in [6, 6.07) is 1.83. The molecule has 3 aliphatic rings. The number of carbonyl (C=O) groups excluding carboxylic acids is 10. The largest absolute Gasteiger partial charge is 0.417 e. The van der Waals surface area contributed by atoms with Gasteiger partial charge in [-0.2, -0.15) is 13.2 Å². The van der Waals surface area contributed by atoms with E-state index in [0.29, 0.717) is 36.8 Å². The minimum Gasteiger partial charge on any atom is -0.354 e.